The number of H-pyrrole nitrogens is 1. The van der Waals surface area contributed by atoms with Crippen LogP contribution in [0.3, 0.4) is 0 Å². The van der Waals surface area contributed by atoms with Gasteiger partial charge in [0.15, 0.2) is 0 Å². The van der Waals surface area contributed by atoms with Gasteiger partial charge < -0.3 is 4.57 Å². The SMILES string of the molecule is Cc1n[nH]nc1-c1ccnc(-c2cn(CCc3c(F)cccc3F)cn2)c1. The molecule has 0 saturated carbocycles. The van der Waals surface area contributed by atoms with E-state index in [0.717, 1.165) is 17.0 Å². The van der Waals surface area contributed by atoms with Gasteiger partial charge in [0.2, 0.25) is 0 Å². The zero-order valence-electron chi connectivity index (χ0n) is 14.5. The number of aromatic amines is 1. The lowest BCUT2D eigenvalue weighted by Gasteiger charge is -2.05. The number of nitrogens with one attached hydrogen (secondary N) is 1. The highest BCUT2D eigenvalue weighted by molar-refractivity contribution is 5.67. The number of hydrogen-bond donors (Lipinski definition) is 1. The van der Waals surface area contributed by atoms with Gasteiger partial charge in [-0.3, -0.25) is 4.98 Å². The van der Waals surface area contributed by atoms with Crippen molar-refractivity contribution in [1.82, 2.24) is 29.9 Å². The van der Waals surface area contributed by atoms with Crippen molar-refractivity contribution >= 4 is 0 Å². The molecule has 4 aromatic rings. The Balaban J connectivity index is 1.54. The zero-order valence-corrected chi connectivity index (χ0v) is 14.5. The number of imidazole rings is 1. The van der Waals surface area contributed by atoms with Crippen molar-refractivity contribution in [2.45, 2.75) is 19.9 Å². The van der Waals surface area contributed by atoms with E-state index in [2.05, 4.69) is 25.4 Å². The maximum absolute atomic E-state index is 13.7. The predicted molar refractivity (Wildman–Crippen MR) is 95.6 cm³/mol. The minimum absolute atomic E-state index is 0.0781. The number of rotatable bonds is 5. The smallest absolute Gasteiger partial charge is 0.129 e. The van der Waals surface area contributed by atoms with E-state index in [0.29, 0.717) is 17.9 Å². The topological polar surface area (TPSA) is 72.3 Å². The van der Waals surface area contributed by atoms with Crippen LogP contribution < -0.4 is 0 Å². The van der Waals surface area contributed by atoms with Crippen molar-refractivity contribution in [2.24, 2.45) is 0 Å². The number of hydrogen-bond acceptors (Lipinski definition) is 4. The van der Waals surface area contributed by atoms with E-state index in [1.54, 1.807) is 23.3 Å². The molecule has 1 aromatic carbocycles. The summed E-state index contributed by atoms with van der Waals surface area (Å²) in [5, 5.41) is 10.8. The van der Waals surface area contributed by atoms with E-state index in [1.807, 2.05) is 19.1 Å². The summed E-state index contributed by atoms with van der Waals surface area (Å²) in [6.07, 6.45) is 5.36. The minimum Gasteiger partial charge on any atom is -0.336 e. The molecule has 0 fully saturated rings. The fourth-order valence-electron chi connectivity index (χ4n) is 2.90. The monoisotopic (exact) mass is 366 g/mol. The van der Waals surface area contributed by atoms with Gasteiger partial charge in [-0.2, -0.15) is 15.4 Å². The number of aryl methyl sites for hydroxylation is 2. The van der Waals surface area contributed by atoms with Gasteiger partial charge in [-0.25, -0.2) is 13.8 Å². The molecule has 0 bridgehead atoms. The zero-order chi connectivity index (χ0) is 18.8. The normalized spacial score (nSPS) is 11.1. The lowest BCUT2D eigenvalue weighted by atomic mass is 10.1. The van der Waals surface area contributed by atoms with Crippen LogP contribution in [-0.2, 0) is 13.0 Å². The van der Waals surface area contributed by atoms with Crippen LogP contribution in [0.5, 0.6) is 0 Å². The third-order valence-electron chi connectivity index (χ3n) is 4.33. The number of aromatic nitrogens is 6. The molecule has 0 spiro atoms. The summed E-state index contributed by atoms with van der Waals surface area (Å²) in [7, 11) is 0. The van der Waals surface area contributed by atoms with E-state index < -0.39 is 11.6 Å². The highest BCUT2D eigenvalue weighted by atomic mass is 19.1. The summed E-state index contributed by atoms with van der Waals surface area (Å²) in [4.78, 5) is 8.71. The van der Waals surface area contributed by atoms with Gasteiger partial charge >= 0.3 is 0 Å². The third kappa shape index (κ3) is 3.46. The molecule has 0 radical (unpaired) electrons. The van der Waals surface area contributed by atoms with Crippen LogP contribution in [0.25, 0.3) is 22.6 Å². The molecular weight excluding hydrogens is 350 g/mol. The van der Waals surface area contributed by atoms with Crippen LogP contribution in [-0.4, -0.2) is 29.9 Å². The van der Waals surface area contributed by atoms with E-state index in [-0.39, 0.29) is 12.0 Å². The highest BCUT2D eigenvalue weighted by Gasteiger charge is 2.11. The van der Waals surface area contributed by atoms with E-state index in [4.69, 9.17) is 0 Å². The van der Waals surface area contributed by atoms with Crippen LogP contribution in [0.4, 0.5) is 8.78 Å². The fourth-order valence-corrected chi connectivity index (χ4v) is 2.90. The van der Waals surface area contributed by atoms with Gasteiger partial charge in [0.05, 0.1) is 17.7 Å². The van der Waals surface area contributed by atoms with Gasteiger partial charge in [0.25, 0.3) is 0 Å². The molecule has 0 atom stereocenters. The Morgan fingerprint density at radius 2 is 1.85 bits per heavy atom. The number of benzene rings is 1. The Labute approximate surface area is 153 Å². The quantitative estimate of drug-likeness (QED) is 0.586. The molecule has 6 nitrogen and oxygen atoms in total. The standard InChI is InChI=1S/C19H16F2N6/c1-12-19(25-26-24-12)13-5-7-22-17(9-13)18-10-27(11-23-18)8-6-14-15(20)3-2-4-16(14)21/h2-5,7,9-11H,6,8H2,1H3,(H,24,25,26). The van der Waals surface area contributed by atoms with E-state index in [1.165, 1.54) is 18.2 Å². The molecule has 3 heterocycles. The van der Waals surface area contributed by atoms with Crippen molar-refractivity contribution in [3.8, 4) is 22.6 Å². The summed E-state index contributed by atoms with van der Waals surface area (Å²) >= 11 is 0. The second kappa shape index (κ2) is 7.06. The Hall–Kier alpha value is -3.42. The van der Waals surface area contributed by atoms with Gasteiger partial charge in [0, 0.05) is 30.1 Å². The van der Waals surface area contributed by atoms with Crippen LogP contribution in [0.15, 0.2) is 49.1 Å². The van der Waals surface area contributed by atoms with Gasteiger partial charge in [-0.05, 0) is 37.6 Å². The maximum Gasteiger partial charge on any atom is 0.129 e. The first kappa shape index (κ1) is 17.0. The lowest BCUT2D eigenvalue weighted by molar-refractivity contribution is 0.541. The first-order valence-electron chi connectivity index (χ1n) is 8.40. The largest absolute Gasteiger partial charge is 0.336 e. The molecular formula is C19H16F2N6. The Bertz CT molecular complexity index is 1070. The fraction of sp³-hybridized carbons (Fsp3) is 0.158. The molecule has 0 aliphatic carbocycles. The van der Waals surface area contributed by atoms with Gasteiger partial charge in [0.1, 0.15) is 23.0 Å². The molecule has 0 amide bonds. The molecule has 27 heavy (non-hydrogen) atoms. The average Bonchev–Trinajstić information content (AvgIpc) is 3.30. The van der Waals surface area contributed by atoms with E-state index in [9.17, 15) is 8.78 Å². The predicted octanol–water partition coefficient (Wildman–Crippen LogP) is 3.56. The summed E-state index contributed by atoms with van der Waals surface area (Å²) in [6.45, 7) is 2.28. The average molecular weight is 366 g/mol. The summed E-state index contributed by atoms with van der Waals surface area (Å²) in [5.41, 5.74) is 3.87. The first-order chi connectivity index (χ1) is 13.1. The van der Waals surface area contributed by atoms with Crippen molar-refractivity contribution < 1.29 is 8.78 Å². The summed E-state index contributed by atoms with van der Waals surface area (Å²) in [5.74, 6) is -1.07. The molecule has 0 aliphatic rings. The van der Waals surface area contributed by atoms with Crippen LogP contribution in [0.2, 0.25) is 0 Å². The second-order valence-electron chi connectivity index (χ2n) is 6.13. The number of halogens is 2. The number of nitrogens with zero attached hydrogens (tertiary/aromatic N) is 5. The number of pyridine rings is 1. The van der Waals surface area contributed by atoms with Crippen LogP contribution in [0.1, 0.15) is 11.3 Å². The summed E-state index contributed by atoms with van der Waals surface area (Å²) < 4.78 is 29.3. The van der Waals surface area contributed by atoms with Gasteiger partial charge in [-0.15, -0.1) is 0 Å². The summed E-state index contributed by atoms with van der Waals surface area (Å²) in [6, 6.07) is 7.62. The Morgan fingerprint density at radius 1 is 1.04 bits per heavy atom. The van der Waals surface area contributed by atoms with Crippen molar-refractivity contribution in [3.05, 3.63) is 71.9 Å². The molecule has 0 saturated heterocycles. The van der Waals surface area contributed by atoms with Crippen LogP contribution >= 0.6 is 0 Å². The van der Waals surface area contributed by atoms with Gasteiger partial charge in [-0.1, -0.05) is 6.07 Å². The van der Waals surface area contributed by atoms with Crippen molar-refractivity contribution in [2.75, 3.05) is 0 Å². The minimum atomic E-state index is -0.535. The Morgan fingerprint density at radius 3 is 2.59 bits per heavy atom. The maximum atomic E-state index is 13.7. The van der Waals surface area contributed by atoms with Crippen LogP contribution in [0, 0.1) is 18.6 Å². The third-order valence-corrected chi connectivity index (χ3v) is 4.33. The lowest BCUT2D eigenvalue weighted by Crippen LogP contribution is -2.03. The molecule has 4 rings (SSSR count). The second-order valence-corrected chi connectivity index (χ2v) is 6.13. The molecule has 3 aromatic heterocycles. The molecule has 1 N–H and O–H groups in total. The highest BCUT2D eigenvalue weighted by Crippen LogP contribution is 2.23. The molecule has 136 valence electrons. The van der Waals surface area contributed by atoms with E-state index >= 15 is 0 Å². The molecule has 8 heteroatoms. The van der Waals surface area contributed by atoms with Crippen molar-refractivity contribution in [1.29, 1.82) is 0 Å². The first-order valence-corrected chi connectivity index (χ1v) is 8.40. The molecule has 0 unspecified atom stereocenters. The van der Waals surface area contributed by atoms with Crippen molar-refractivity contribution in [3.63, 3.8) is 0 Å². The molecule has 0 aliphatic heterocycles. The Kier molecular flexibility index (Phi) is 4.45.